The summed E-state index contributed by atoms with van der Waals surface area (Å²) in [6, 6.07) is 1.59. The van der Waals surface area contributed by atoms with Crippen molar-refractivity contribution in [3.63, 3.8) is 0 Å². The van der Waals surface area contributed by atoms with Crippen molar-refractivity contribution in [1.29, 1.82) is 0 Å². The lowest BCUT2D eigenvalue weighted by atomic mass is 10.2. The molecule has 1 fully saturated rings. The van der Waals surface area contributed by atoms with Crippen molar-refractivity contribution in [1.82, 2.24) is 4.98 Å². The van der Waals surface area contributed by atoms with E-state index in [-0.39, 0.29) is 0 Å². The second kappa shape index (κ2) is 2.80. The molecule has 1 aliphatic rings. The number of rotatable bonds is 2. The summed E-state index contributed by atoms with van der Waals surface area (Å²) >= 11 is 0. The maximum Gasteiger partial charge on any atom is 0.175 e. The van der Waals surface area contributed by atoms with E-state index in [4.69, 9.17) is 0 Å². The summed E-state index contributed by atoms with van der Waals surface area (Å²) in [7, 11) is -3.08. The fourth-order valence-electron chi connectivity index (χ4n) is 1.43. The van der Waals surface area contributed by atoms with Gasteiger partial charge in [-0.2, -0.15) is 0 Å². The van der Waals surface area contributed by atoms with Crippen LogP contribution >= 0.6 is 0 Å². The van der Waals surface area contributed by atoms with Gasteiger partial charge in [0, 0.05) is 18.6 Å². The summed E-state index contributed by atoms with van der Waals surface area (Å²) < 4.78 is 22.7. The zero-order chi connectivity index (χ0) is 9.47. The molecule has 3 nitrogen and oxygen atoms in total. The molecule has 1 aromatic heterocycles. The van der Waals surface area contributed by atoms with Crippen LogP contribution in [0.2, 0.25) is 0 Å². The Morgan fingerprint density at radius 3 is 2.69 bits per heavy atom. The minimum Gasteiger partial charge on any atom is -0.264 e. The van der Waals surface area contributed by atoms with Crippen molar-refractivity contribution in [2.24, 2.45) is 0 Å². The monoisotopic (exact) mass is 197 g/mol. The predicted molar refractivity (Wildman–Crippen MR) is 49.3 cm³/mol. The van der Waals surface area contributed by atoms with Crippen molar-refractivity contribution >= 4 is 9.84 Å². The van der Waals surface area contributed by atoms with Crippen LogP contribution in [0.15, 0.2) is 23.4 Å². The average molecular weight is 197 g/mol. The van der Waals surface area contributed by atoms with Crippen LogP contribution in [0.1, 0.15) is 24.3 Å². The summed E-state index contributed by atoms with van der Waals surface area (Å²) in [5.41, 5.74) is 0.894. The van der Waals surface area contributed by atoms with Gasteiger partial charge in [-0.25, -0.2) is 8.42 Å². The molecule has 4 heteroatoms. The van der Waals surface area contributed by atoms with Crippen molar-refractivity contribution in [2.45, 2.75) is 23.7 Å². The van der Waals surface area contributed by atoms with E-state index in [0.717, 1.165) is 18.4 Å². The third-order valence-electron chi connectivity index (χ3n) is 2.23. The van der Waals surface area contributed by atoms with E-state index >= 15 is 0 Å². The lowest BCUT2D eigenvalue weighted by Gasteiger charge is -2.04. The molecular formula is C9H11NO2S. The molecule has 1 heterocycles. The van der Waals surface area contributed by atoms with Crippen LogP contribution in [0.3, 0.4) is 0 Å². The lowest BCUT2D eigenvalue weighted by molar-refractivity contribution is 0.600. The van der Waals surface area contributed by atoms with Gasteiger partial charge in [0.15, 0.2) is 9.84 Å². The number of hydrogen-bond donors (Lipinski definition) is 0. The van der Waals surface area contributed by atoms with Crippen LogP contribution in [0, 0.1) is 0 Å². The van der Waals surface area contributed by atoms with E-state index in [1.165, 1.54) is 12.5 Å². The van der Waals surface area contributed by atoms with Crippen molar-refractivity contribution in [3.8, 4) is 0 Å². The van der Waals surface area contributed by atoms with Crippen LogP contribution in [0.5, 0.6) is 0 Å². The molecule has 0 aromatic carbocycles. The largest absolute Gasteiger partial charge is 0.264 e. The SMILES string of the molecule is CS(=O)(=O)c1ccncc1C1CC1. The van der Waals surface area contributed by atoms with Gasteiger partial charge in [-0.3, -0.25) is 4.98 Å². The summed E-state index contributed by atoms with van der Waals surface area (Å²) in [5, 5.41) is 0. The molecule has 0 atom stereocenters. The zero-order valence-electron chi connectivity index (χ0n) is 7.40. The van der Waals surface area contributed by atoms with Gasteiger partial charge in [-0.15, -0.1) is 0 Å². The summed E-state index contributed by atoms with van der Waals surface area (Å²) in [6.07, 6.45) is 6.63. The van der Waals surface area contributed by atoms with E-state index in [1.807, 2.05) is 0 Å². The first kappa shape index (κ1) is 8.69. The molecule has 0 radical (unpaired) electrons. The van der Waals surface area contributed by atoms with Crippen LogP contribution in [-0.2, 0) is 9.84 Å². The van der Waals surface area contributed by atoms with Gasteiger partial charge in [0.2, 0.25) is 0 Å². The molecule has 13 heavy (non-hydrogen) atoms. The molecule has 0 amide bonds. The molecule has 0 aliphatic heterocycles. The van der Waals surface area contributed by atoms with Crippen LogP contribution < -0.4 is 0 Å². The first-order valence-electron chi connectivity index (χ1n) is 4.23. The van der Waals surface area contributed by atoms with Gasteiger partial charge in [-0.1, -0.05) is 0 Å². The Bertz CT molecular complexity index is 421. The second-order valence-electron chi connectivity index (χ2n) is 3.46. The smallest absolute Gasteiger partial charge is 0.175 e. The van der Waals surface area contributed by atoms with E-state index in [9.17, 15) is 8.42 Å². The van der Waals surface area contributed by atoms with E-state index in [1.54, 1.807) is 12.3 Å². The van der Waals surface area contributed by atoms with Crippen LogP contribution in [0.4, 0.5) is 0 Å². The quantitative estimate of drug-likeness (QED) is 0.719. The minimum absolute atomic E-state index is 0.429. The fraction of sp³-hybridized carbons (Fsp3) is 0.444. The molecular weight excluding hydrogens is 186 g/mol. The highest BCUT2D eigenvalue weighted by molar-refractivity contribution is 7.90. The van der Waals surface area contributed by atoms with E-state index in [0.29, 0.717) is 10.8 Å². The third-order valence-corrected chi connectivity index (χ3v) is 3.40. The second-order valence-corrected chi connectivity index (χ2v) is 5.44. The molecule has 1 aromatic rings. The minimum atomic E-state index is -3.08. The highest BCUT2D eigenvalue weighted by Crippen LogP contribution is 2.42. The van der Waals surface area contributed by atoms with Gasteiger partial charge in [0.05, 0.1) is 4.90 Å². The molecule has 0 N–H and O–H groups in total. The Labute approximate surface area is 77.7 Å². The van der Waals surface area contributed by atoms with Gasteiger partial charge in [-0.05, 0) is 30.4 Å². The fourth-order valence-corrected chi connectivity index (χ4v) is 2.39. The lowest BCUT2D eigenvalue weighted by Crippen LogP contribution is -2.01. The molecule has 0 spiro atoms. The van der Waals surface area contributed by atoms with Gasteiger partial charge >= 0.3 is 0 Å². The molecule has 2 rings (SSSR count). The van der Waals surface area contributed by atoms with Crippen LogP contribution in [-0.4, -0.2) is 19.7 Å². The maximum absolute atomic E-state index is 11.4. The van der Waals surface area contributed by atoms with Crippen molar-refractivity contribution in [3.05, 3.63) is 24.0 Å². The Kier molecular flexibility index (Phi) is 1.87. The van der Waals surface area contributed by atoms with Crippen molar-refractivity contribution < 1.29 is 8.42 Å². The number of hydrogen-bond acceptors (Lipinski definition) is 3. The predicted octanol–water partition coefficient (Wildman–Crippen LogP) is 1.36. The Hall–Kier alpha value is -0.900. The summed E-state index contributed by atoms with van der Waals surface area (Å²) in [4.78, 5) is 4.40. The van der Waals surface area contributed by atoms with Crippen molar-refractivity contribution in [2.75, 3.05) is 6.26 Å². The Balaban J connectivity index is 2.55. The summed E-state index contributed by atoms with van der Waals surface area (Å²) in [6.45, 7) is 0. The number of sulfone groups is 1. The average Bonchev–Trinajstić information content (AvgIpc) is 2.85. The number of nitrogens with zero attached hydrogens (tertiary/aromatic N) is 1. The number of pyridine rings is 1. The Morgan fingerprint density at radius 1 is 1.46 bits per heavy atom. The van der Waals surface area contributed by atoms with E-state index in [2.05, 4.69) is 4.98 Å². The molecule has 0 unspecified atom stereocenters. The number of aromatic nitrogens is 1. The Morgan fingerprint density at radius 2 is 2.15 bits per heavy atom. The van der Waals surface area contributed by atoms with Gasteiger partial charge in [0.1, 0.15) is 0 Å². The molecule has 0 saturated heterocycles. The highest BCUT2D eigenvalue weighted by atomic mass is 32.2. The first-order valence-corrected chi connectivity index (χ1v) is 6.12. The molecule has 0 bridgehead atoms. The third kappa shape index (κ3) is 1.72. The first-order chi connectivity index (χ1) is 6.09. The maximum atomic E-state index is 11.4. The van der Waals surface area contributed by atoms with Gasteiger partial charge in [0.25, 0.3) is 0 Å². The normalized spacial score (nSPS) is 17.3. The van der Waals surface area contributed by atoms with Crippen LogP contribution in [0.25, 0.3) is 0 Å². The molecule has 1 aliphatic carbocycles. The molecule has 70 valence electrons. The standard InChI is InChI=1S/C9H11NO2S/c1-13(11,12)9-4-5-10-6-8(9)7-2-3-7/h4-7H,2-3H2,1H3. The highest BCUT2D eigenvalue weighted by Gasteiger charge is 2.28. The van der Waals surface area contributed by atoms with Gasteiger partial charge < -0.3 is 0 Å². The summed E-state index contributed by atoms with van der Waals surface area (Å²) in [5.74, 6) is 0.429. The topological polar surface area (TPSA) is 47.0 Å². The zero-order valence-corrected chi connectivity index (χ0v) is 8.21. The van der Waals surface area contributed by atoms with E-state index < -0.39 is 9.84 Å². The molecule has 1 saturated carbocycles.